The first kappa shape index (κ1) is 18.9. The fourth-order valence-corrected chi connectivity index (χ4v) is 2.13. The summed E-state index contributed by atoms with van der Waals surface area (Å²) < 4.78 is 18.5. The smallest absolute Gasteiger partial charge is 0.232 e. The summed E-state index contributed by atoms with van der Waals surface area (Å²) in [5.74, 6) is 1.60. The number of aromatic nitrogens is 2. The van der Waals surface area contributed by atoms with Crippen molar-refractivity contribution < 1.29 is 8.91 Å². The Morgan fingerprint density at radius 1 is 1.28 bits per heavy atom. The summed E-state index contributed by atoms with van der Waals surface area (Å²) in [5.41, 5.74) is 0.763. The van der Waals surface area contributed by atoms with Crippen molar-refractivity contribution >= 4 is 5.96 Å². The zero-order valence-electron chi connectivity index (χ0n) is 15.3. The monoisotopic (exact) mass is 347 g/mol. The highest BCUT2D eigenvalue weighted by molar-refractivity contribution is 5.79. The topological polar surface area (TPSA) is 75.3 Å². The predicted octanol–water partition coefficient (Wildman–Crippen LogP) is 2.80. The van der Waals surface area contributed by atoms with Gasteiger partial charge in [-0.1, -0.05) is 38.1 Å². The first-order valence-electron chi connectivity index (χ1n) is 8.48. The third kappa shape index (κ3) is 6.17. The third-order valence-electron chi connectivity index (χ3n) is 3.43. The fraction of sp³-hybridized carbons (Fsp3) is 0.500. The van der Waals surface area contributed by atoms with Crippen LogP contribution in [-0.4, -0.2) is 29.2 Å². The van der Waals surface area contributed by atoms with E-state index in [1.54, 1.807) is 12.1 Å². The van der Waals surface area contributed by atoms with Crippen molar-refractivity contribution in [3.05, 3.63) is 47.4 Å². The molecule has 25 heavy (non-hydrogen) atoms. The van der Waals surface area contributed by atoms with E-state index in [0.29, 0.717) is 37.2 Å². The Kier molecular flexibility index (Phi) is 6.50. The molecule has 1 heterocycles. The van der Waals surface area contributed by atoms with Crippen LogP contribution in [0.25, 0.3) is 0 Å². The number of aliphatic imine (C=N–C) groups is 1. The summed E-state index contributed by atoms with van der Waals surface area (Å²) in [6, 6.07) is 6.60. The Hall–Kier alpha value is -2.44. The van der Waals surface area contributed by atoms with Crippen molar-refractivity contribution in [1.29, 1.82) is 0 Å². The molecule has 0 bridgehead atoms. The lowest BCUT2D eigenvalue weighted by Crippen LogP contribution is -2.38. The van der Waals surface area contributed by atoms with E-state index in [0.717, 1.165) is 12.1 Å². The van der Waals surface area contributed by atoms with Crippen LogP contribution in [0.1, 0.15) is 45.0 Å². The molecule has 0 radical (unpaired) electrons. The quantitative estimate of drug-likeness (QED) is 0.621. The summed E-state index contributed by atoms with van der Waals surface area (Å²) >= 11 is 0. The lowest BCUT2D eigenvalue weighted by Gasteiger charge is -2.11. The van der Waals surface area contributed by atoms with Crippen molar-refractivity contribution in [2.24, 2.45) is 4.99 Å². The maximum Gasteiger partial charge on any atom is 0.232 e. The number of halogens is 1. The van der Waals surface area contributed by atoms with E-state index >= 15 is 0 Å². The van der Waals surface area contributed by atoms with Crippen molar-refractivity contribution in [1.82, 2.24) is 20.8 Å². The first-order chi connectivity index (χ1) is 11.9. The molecule has 0 aliphatic carbocycles. The van der Waals surface area contributed by atoms with E-state index in [1.165, 1.54) is 6.07 Å². The van der Waals surface area contributed by atoms with Gasteiger partial charge in [0.1, 0.15) is 12.4 Å². The zero-order chi connectivity index (χ0) is 18.3. The van der Waals surface area contributed by atoms with Crippen molar-refractivity contribution in [2.45, 2.75) is 46.1 Å². The molecule has 1 aromatic heterocycles. The van der Waals surface area contributed by atoms with Crippen molar-refractivity contribution in [2.75, 3.05) is 13.1 Å². The van der Waals surface area contributed by atoms with E-state index in [4.69, 9.17) is 4.52 Å². The first-order valence-corrected chi connectivity index (χ1v) is 8.48. The Morgan fingerprint density at radius 3 is 2.72 bits per heavy atom. The van der Waals surface area contributed by atoms with E-state index < -0.39 is 0 Å². The number of nitrogens with zero attached hydrogens (tertiary/aromatic N) is 3. The number of guanidine groups is 1. The number of nitrogens with one attached hydrogen (secondary N) is 2. The number of hydrogen-bond acceptors (Lipinski definition) is 4. The SMILES string of the molecule is CCNC(=NCc1noc(C(C)(C)C)n1)NCCc1cccc(F)c1. The lowest BCUT2D eigenvalue weighted by atomic mass is 9.97. The van der Waals surface area contributed by atoms with Crippen molar-refractivity contribution in [3.63, 3.8) is 0 Å². The van der Waals surface area contributed by atoms with Crippen molar-refractivity contribution in [3.8, 4) is 0 Å². The van der Waals surface area contributed by atoms with Crippen LogP contribution in [0.15, 0.2) is 33.8 Å². The third-order valence-corrected chi connectivity index (χ3v) is 3.43. The summed E-state index contributed by atoms with van der Waals surface area (Å²) in [6.07, 6.45) is 0.707. The molecule has 136 valence electrons. The van der Waals surface area contributed by atoms with E-state index in [-0.39, 0.29) is 11.2 Å². The molecule has 0 fully saturated rings. The van der Waals surface area contributed by atoms with Gasteiger partial charge in [-0.3, -0.25) is 0 Å². The van der Waals surface area contributed by atoms with Gasteiger partial charge in [0.2, 0.25) is 5.89 Å². The van der Waals surface area contributed by atoms with Crippen LogP contribution in [0.2, 0.25) is 0 Å². The number of rotatable bonds is 6. The predicted molar refractivity (Wildman–Crippen MR) is 95.9 cm³/mol. The van der Waals surface area contributed by atoms with Gasteiger partial charge in [0.05, 0.1) is 0 Å². The molecule has 6 nitrogen and oxygen atoms in total. The van der Waals surface area contributed by atoms with E-state index in [1.807, 2.05) is 33.8 Å². The molecule has 0 aliphatic heterocycles. The molecule has 0 saturated heterocycles. The second-order valence-electron chi connectivity index (χ2n) is 6.77. The van der Waals surface area contributed by atoms with Gasteiger partial charge in [0.25, 0.3) is 0 Å². The van der Waals surface area contributed by atoms with Crippen LogP contribution in [-0.2, 0) is 18.4 Å². The lowest BCUT2D eigenvalue weighted by molar-refractivity contribution is 0.318. The van der Waals surface area contributed by atoms with Gasteiger partial charge in [-0.2, -0.15) is 4.98 Å². The van der Waals surface area contributed by atoms with Crippen LogP contribution < -0.4 is 10.6 Å². The highest BCUT2D eigenvalue weighted by Crippen LogP contribution is 2.19. The molecule has 0 spiro atoms. The van der Waals surface area contributed by atoms with Crippen LogP contribution >= 0.6 is 0 Å². The molecule has 0 saturated carbocycles. The Bertz CT molecular complexity index is 705. The summed E-state index contributed by atoms with van der Waals surface area (Å²) in [5, 5.41) is 10.4. The molecular formula is C18H26FN5O. The summed E-state index contributed by atoms with van der Waals surface area (Å²) in [6.45, 7) is 9.77. The zero-order valence-corrected chi connectivity index (χ0v) is 15.3. The highest BCUT2D eigenvalue weighted by Gasteiger charge is 2.21. The minimum Gasteiger partial charge on any atom is -0.357 e. The van der Waals surface area contributed by atoms with E-state index in [9.17, 15) is 4.39 Å². The van der Waals surface area contributed by atoms with Gasteiger partial charge >= 0.3 is 0 Å². The highest BCUT2D eigenvalue weighted by atomic mass is 19.1. The molecule has 2 rings (SSSR count). The van der Waals surface area contributed by atoms with Crippen LogP contribution in [0, 0.1) is 5.82 Å². The average molecular weight is 347 g/mol. The van der Waals surface area contributed by atoms with Gasteiger partial charge < -0.3 is 15.2 Å². The van der Waals surface area contributed by atoms with Gasteiger partial charge in [0.15, 0.2) is 11.8 Å². The molecule has 0 aliphatic rings. The van der Waals surface area contributed by atoms with Gasteiger partial charge in [0, 0.05) is 18.5 Å². The molecule has 1 aromatic carbocycles. The van der Waals surface area contributed by atoms with E-state index in [2.05, 4.69) is 25.8 Å². The normalized spacial score (nSPS) is 12.3. The minimum absolute atomic E-state index is 0.178. The molecule has 7 heteroatoms. The molecule has 0 amide bonds. The maximum atomic E-state index is 13.2. The van der Waals surface area contributed by atoms with Crippen LogP contribution in [0.3, 0.4) is 0 Å². The standard InChI is InChI=1S/C18H26FN5O/c1-5-20-17(21-10-9-13-7-6-8-14(19)11-13)22-12-15-23-16(25-24-15)18(2,3)4/h6-8,11H,5,9-10,12H2,1-4H3,(H2,20,21,22). The molecule has 2 N–H and O–H groups in total. The molecule has 0 atom stereocenters. The number of benzene rings is 1. The summed E-state index contributed by atoms with van der Waals surface area (Å²) in [7, 11) is 0. The fourth-order valence-electron chi connectivity index (χ4n) is 2.13. The van der Waals surface area contributed by atoms with Gasteiger partial charge in [-0.05, 0) is 31.0 Å². The Balaban J connectivity index is 1.90. The number of hydrogen-bond donors (Lipinski definition) is 2. The van der Waals surface area contributed by atoms with Crippen LogP contribution in [0.4, 0.5) is 4.39 Å². The Morgan fingerprint density at radius 2 is 2.08 bits per heavy atom. The maximum absolute atomic E-state index is 13.2. The average Bonchev–Trinajstić information content (AvgIpc) is 3.02. The largest absolute Gasteiger partial charge is 0.357 e. The second-order valence-corrected chi connectivity index (χ2v) is 6.77. The second kappa shape index (κ2) is 8.60. The summed E-state index contributed by atoms with van der Waals surface area (Å²) in [4.78, 5) is 8.83. The van der Waals surface area contributed by atoms with Gasteiger partial charge in [-0.15, -0.1) is 0 Å². The van der Waals surface area contributed by atoms with Gasteiger partial charge in [-0.25, -0.2) is 9.38 Å². The molecular weight excluding hydrogens is 321 g/mol. The Labute approximate surface area is 147 Å². The molecule has 0 unspecified atom stereocenters. The minimum atomic E-state index is -0.218. The molecule has 2 aromatic rings. The van der Waals surface area contributed by atoms with Crippen LogP contribution in [0.5, 0.6) is 0 Å².